The first-order valence-corrected chi connectivity index (χ1v) is 7.19. The highest BCUT2D eigenvalue weighted by molar-refractivity contribution is 9.10. The summed E-state index contributed by atoms with van der Waals surface area (Å²) >= 11 is 3.42. The minimum absolute atomic E-state index is 0.124. The number of nitrogens with one attached hydrogen (secondary N) is 1. The number of rotatable bonds is 3. The van der Waals surface area contributed by atoms with E-state index in [1.165, 1.54) is 0 Å². The molecular formula is C15H18BrN3O. The molecule has 0 radical (unpaired) electrons. The van der Waals surface area contributed by atoms with Crippen LogP contribution in [-0.2, 0) is 0 Å². The minimum Gasteiger partial charge on any atom is -0.350 e. The molecule has 0 saturated carbocycles. The molecule has 1 aromatic heterocycles. The van der Waals surface area contributed by atoms with E-state index >= 15 is 0 Å². The zero-order valence-electron chi connectivity index (χ0n) is 11.8. The number of aryl methyl sites for hydroxylation is 1. The van der Waals surface area contributed by atoms with E-state index in [-0.39, 0.29) is 5.91 Å². The lowest BCUT2D eigenvalue weighted by Crippen LogP contribution is -2.45. The molecular weight excluding hydrogens is 318 g/mol. The van der Waals surface area contributed by atoms with E-state index in [9.17, 15) is 4.79 Å². The Morgan fingerprint density at radius 3 is 2.75 bits per heavy atom. The number of hydrogen-bond donors (Lipinski definition) is 2. The Hall–Kier alpha value is -1.46. The highest BCUT2D eigenvalue weighted by Gasteiger charge is 2.16. The van der Waals surface area contributed by atoms with Crippen molar-refractivity contribution in [3.63, 3.8) is 0 Å². The van der Waals surface area contributed by atoms with Crippen LogP contribution in [-0.4, -0.2) is 23.0 Å². The third-order valence-electron chi connectivity index (χ3n) is 2.85. The lowest BCUT2D eigenvalue weighted by atomic mass is 10.1. The molecule has 4 nitrogen and oxygen atoms in total. The number of carbonyl (C=O) groups is 1. The van der Waals surface area contributed by atoms with Gasteiger partial charge in [-0.3, -0.25) is 9.78 Å². The van der Waals surface area contributed by atoms with Crippen molar-refractivity contribution in [1.82, 2.24) is 10.3 Å². The number of hydrogen-bond acceptors (Lipinski definition) is 3. The largest absolute Gasteiger partial charge is 0.350 e. The van der Waals surface area contributed by atoms with Gasteiger partial charge in [0.2, 0.25) is 0 Å². The van der Waals surface area contributed by atoms with Gasteiger partial charge in [-0.1, -0.05) is 22.0 Å². The van der Waals surface area contributed by atoms with E-state index in [0.717, 1.165) is 21.1 Å². The van der Waals surface area contributed by atoms with Gasteiger partial charge in [-0.05, 0) is 39.0 Å². The van der Waals surface area contributed by atoms with E-state index in [0.29, 0.717) is 12.1 Å². The van der Waals surface area contributed by atoms with Crippen LogP contribution in [0.5, 0.6) is 0 Å². The van der Waals surface area contributed by atoms with Gasteiger partial charge in [0.05, 0.1) is 11.1 Å². The van der Waals surface area contributed by atoms with Crippen molar-refractivity contribution in [2.45, 2.75) is 26.3 Å². The van der Waals surface area contributed by atoms with E-state index in [2.05, 4.69) is 26.2 Å². The van der Waals surface area contributed by atoms with Crippen molar-refractivity contribution >= 4 is 32.7 Å². The smallest absolute Gasteiger partial charge is 0.252 e. The van der Waals surface area contributed by atoms with Crippen molar-refractivity contribution in [2.24, 2.45) is 5.73 Å². The van der Waals surface area contributed by atoms with Gasteiger partial charge in [-0.15, -0.1) is 0 Å². The summed E-state index contributed by atoms with van der Waals surface area (Å²) in [6.07, 6.45) is 0. The predicted molar refractivity (Wildman–Crippen MR) is 84.8 cm³/mol. The van der Waals surface area contributed by atoms with Crippen molar-refractivity contribution < 1.29 is 4.79 Å². The van der Waals surface area contributed by atoms with E-state index in [4.69, 9.17) is 5.73 Å². The maximum absolute atomic E-state index is 12.3. The number of carbonyl (C=O) groups excluding carboxylic acids is 1. The molecule has 0 spiro atoms. The second-order valence-corrected chi connectivity index (χ2v) is 6.56. The van der Waals surface area contributed by atoms with Gasteiger partial charge in [0, 0.05) is 27.6 Å². The van der Waals surface area contributed by atoms with Crippen molar-refractivity contribution in [1.29, 1.82) is 0 Å². The molecule has 0 bridgehead atoms. The number of fused-ring (bicyclic) bond motifs is 1. The van der Waals surface area contributed by atoms with Crippen LogP contribution in [0.3, 0.4) is 0 Å². The number of nitrogens with zero attached hydrogens (tertiary/aromatic N) is 1. The summed E-state index contributed by atoms with van der Waals surface area (Å²) in [6.45, 7) is 6.05. The number of pyridine rings is 1. The summed E-state index contributed by atoms with van der Waals surface area (Å²) in [6, 6.07) is 7.51. The zero-order valence-corrected chi connectivity index (χ0v) is 13.4. The normalized spacial score (nSPS) is 11.7. The quantitative estimate of drug-likeness (QED) is 0.906. The fraction of sp³-hybridized carbons (Fsp3) is 0.333. The number of benzene rings is 1. The van der Waals surface area contributed by atoms with Crippen LogP contribution < -0.4 is 11.1 Å². The maximum atomic E-state index is 12.3. The Balaban J connectivity index is 2.40. The van der Waals surface area contributed by atoms with Crippen molar-refractivity contribution in [3.8, 4) is 0 Å². The molecule has 106 valence electrons. The Kier molecular flexibility index (Phi) is 4.11. The first-order chi connectivity index (χ1) is 9.26. The average Bonchev–Trinajstić information content (AvgIpc) is 2.33. The van der Waals surface area contributed by atoms with Crippen LogP contribution in [0.25, 0.3) is 10.9 Å². The lowest BCUT2D eigenvalue weighted by molar-refractivity contribution is 0.0947. The molecule has 0 fully saturated rings. The monoisotopic (exact) mass is 335 g/mol. The summed E-state index contributed by atoms with van der Waals surface area (Å²) in [5.74, 6) is -0.124. The van der Waals surface area contributed by atoms with Gasteiger partial charge in [0.1, 0.15) is 0 Å². The molecule has 2 rings (SSSR count). The third-order valence-corrected chi connectivity index (χ3v) is 3.34. The molecule has 0 unspecified atom stereocenters. The van der Waals surface area contributed by atoms with Crippen LogP contribution in [0.15, 0.2) is 28.7 Å². The molecule has 3 N–H and O–H groups in total. The molecule has 1 amide bonds. The summed E-state index contributed by atoms with van der Waals surface area (Å²) in [4.78, 5) is 16.8. The zero-order chi connectivity index (χ0) is 14.9. The fourth-order valence-corrected chi connectivity index (χ4v) is 2.27. The van der Waals surface area contributed by atoms with Crippen molar-refractivity contribution in [2.75, 3.05) is 6.54 Å². The number of nitrogens with two attached hydrogens (primary N) is 1. The predicted octanol–water partition coefficient (Wildman–Crippen LogP) is 2.77. The first kappa shape index (κ1) is 14.9. The lowest BCUT2D eigenvalue weighted by Gasteiger charge is -2.19. The van der Waals surface area contributed by atoms with Gasteiger partial charge in [-0.25, -0.2) is 0 Å². The van der Waals surface area contributed by atoms with Gasteiger partial charge >= 0.3 is 0 Å². The standard InChI is InChI=1S/C15H18BrN3O/c1-9-6-12(14(20)18-8-15(2,3)17)11-5-4-10(16)7-13(11)19-9/h4-7H,8,17H2,1-3H3,(H,18,20). The van der Waals surface area contributed by atoms with Gasteiger partial charge in [-0.2, -0.15) is 0 Å². The van der Waals surface area contributed by atoms with Crippen LogP contribution in [0.2, 0.25) is 0 Å². The fourth-order valence-electron chi connectivity index (χ4n) is 1.93. The van der Waals surface area contributed by atoms with Gasteiger partial charge in [0.25, 0.3) is 5.91 Å². The third kappa shape index (κ3) is 3.55. The first-order valence-electron chi connectivity index (χ1n) is 6.40. The second-order valence-electron chi connectivity index (χ2n) is 5.64. The second kappa shape index (κ2) is 5.50. The van der Waals surface area contributed by atoms with Gasteiger partial charge < -0.3 is 11.1 Å². The molecule has 1 aromatic carbocycles. The number of amides is 1. The molecule has 0 atom stereocenters. The topological polar surface area (TPSA) is 68.0 Å². The molecule has 0 aliphatic heterocycles. The van der Waals surface area contributed by atoms with Crippen LogP contribution in [0.4, 0.5) is 0 Å². The Labute approximate surface area is 126 Å². The summed E-state index contributed by atoms with van der Waals surface area (Å²) in [5, 5.41) is 3.71. The summed E-state index contributed by atoms with van der Waals surface area (Å²) < 4.78 is 0.942. The molecule has 0 saturated heterocycles. The summed E-state index contributed by atoms with van der Waals surface area (Å²) in [7, 11) is 0. The molecule has 5 heteroatoms. The average molecular weight is 336 g/mol. The molecule has 1 heterocycles. The molecule has 2 aromatic rings. The molecule has 0 aliphatic rings. The van der Waals surface area contributed by atoms with Crippen molar-refractivity contribution in [3.05, 3.63) is 40.0 Å². The van der Waals surface area contributed by atoms with E-state index in [1.54, 1.807) is 6.07 Å². The van der Waals surface area contributed by atoms with Gasteiger partial charge in [0.15, 0.2) is 0 Å². The van der Waals surface area contributed by atoms with E-state index in [1.807, 2.05) is 39.0 Å². The maximum Gasteiger partial charge on any atom is 0.252 e. The number of halogens is 1. The van der Waals surface area contributed by atoms with Crippen LogP contribution in [0, 0.1) is 6.92 Å². The minimum atomic E-state index is -0.434. The summed E-state index contributed by atoms with van der Waals surface area (Å²) in [5.41, 5.74) is 7.70. The van der Waals surface area contributed by atoms with Crippen LogP contribution in [0.1, 0.15) is 29.9 Å². The Morgan fingerprint density at radius 1 is 1.40 bits per heavy atom. The van der Waals surface area contributed by atoms with E-state index < -0.39 is 5.54 Å². The van der Waals surface area contributed by atoms with Crippen LogP contribution >= 0.6 is 15.9 Å². The SMILES string of the molecule is Cc1cc(C(=O)NCC(C)(C)N)c2ccc(Br)cc2n1. The number of aromatic nitrogens is 1. The highest BCUT2D eigenvalue weighted by Crippen LogP contribution is 2.22. The Morgan fingerprint density at radius 2 is 2.10 bits per heavy atom. The molecule has 20 heavy (non-hydrogen) atoms. The molecule has 0 aliphatic carbocycles. The highest BCUT2D eigenvalue weighted by atomic mass is 79.9. The Bertz CT molecular complexity index is 657.